The van der Waals surface area contributed by atoms with E-state index in [9.17, 15) is 9.46 Å². The standard InChI is InChI=1S/C9H18BO7P/c1-14-7-5-9(10)17-8(7)6-16-18(12,13)15-4-2-3-11/h7-9,11H,2-6H2,1H3,(H,12,13)/p-1. The fourth-order valence-electron chi connectivity index (χ4n) is 1.59. The molecule has 4 unspecified atom stereocenters. The average Bonchev–Trinajstić information content (AvgIpc) is 2.67. The number of rotatable bonds is 8. The lowest BCUT2D eigenvalue weighted by atomic mass is 9.96. The summed E-state index contributed by atoms with van der Waals surface area (Å²) in [5.74, 6) is 0. The first-order valence-corrected chi connectivity index (χ1v) is 7.09. The highest BCUT2D eigenvalue weighted by molar-refractivity contribution is 7.45. The summed E-state index contributed by atoms with van der Waals surface area (Å²) in [6, 6.07) is -0.482. The van der Waals surface area contributed by atoms with Crippen LogP contribution in [-0.2, 0) is 23.1 Å². The Morgan fingerprint density at radius 2 is 2.28 bits per heavy atom. The van der Waals surface area contributed by atoms with Crippen molar-refractivity contribution in [1.82, 2.24) is 0 Å². The summed E-state index contributed by atoms with van der Waals surface area (Å²) >= 11 is 0. The number of hydrogen-bond acceptors (Lipinski definition) is 7. The molecule has 2 radical (unpaired) electrons. The van der Waals surface area contributed by atoms with Crippen LogP contribution < -0.4 is 4.89 Å². The van der Waals surface area contributed by atoms with E-state index >= 15 is 0 Å². The number of aliphatic hydroxyl groups is 1. The molecule has 0 aliphatic carbocycles. The first-order chi connectivity index (χ1) is 8.48. The molecule has 104 valence electrons. The first-order valence-electron chi connectivity index (χ1n) is 5.63. The molecule has 1 heterocycles. The molecule has 0 bridgehead atoms. The van der Waals surface area contributed by atoms with Crippen LogP contribution in [0.4, 0.5) is 0 Å². The van der Waals surface area contributed by atoms with E-state index in [1.165, 1.54) is 7.11 Å². The van der Waals surface area contributed by atoms with Crippen molar-refractivity contribution in [2.45, 2.75) is 31.1 Å². The Morgan fingerprint density at radius 1 is 1.56 bits per heavy atom. The second-order valence-corrected chi connectivity index (χ2v) is 5.29. The second-order valence-electron chi connectivity index (χ2n) is 3.88. The predicted octanol–water partition coefficient (Wildman–Crippen LogP) is -0.831. The molecular weight excluding hydrogens is 262 g/mol. The molecule has 1 aliphatic heterocycles. The van der Waals surface area contributed by atoms with Crippen LogP contribution >= 0.6 is 7.82 Å². The highest BCUT2D eigenvalue weighted by atomic mass is 31.2. The van der Waals surface area contributed by atoms with Crippen LogP contribution in [0.5, 0.6) is 0 Å². The maximum absolute atomic E-state index is 11.3. The van der Waals surface area contributed by atoms with Gasteiger partial charge in [0.05, 0.1) is 19.3 Å². The zero-order chi connectivity index (χ0) is 13.6. The lowest BCUT2D eigenvalue weighted by molar-refractivity contribution is -0.228. The second kappa shape index (κ2) is 7.60. The molecule has 1 saturated heterocycles. The molecule has 9 heteroatoms. The lowest BCUT2D eigenvalue weighted by Gasteiger charge is -2.25. The maximum atomic E-state index is 11.3. The van der Waals surface area contributed by atoms with Gasteiger partial charge in [-0.05, 0) is 12.8 Å². The first kappa shape index (κ1) is 16.1. The Kier molecular flexibility index (Phi) is 6.80. The van der Waals surface area contributed by atoms with Crippen LogP contribution in [0.2, 0.25) is 0 Å². The van der Waals surface area contributed by atoms with Gasteiger partial charge in [-0.25, -0.2) is 0 Å². The van der Waals surface area contributed by atoms with E-state index in [-0.39, 0.29) is 32.3 Å². The van der Waals surface area contributed by atoms with Crippen molar-refractivity contribution in [3.05, 3.63) is 0 Å². The minimum atomic E-state index is -4.37. The molecule has 1 rings (SSSR count). The molecule has 4 atom stereocenters. The number of aliphatic hydroxyl groups excluding tert-OH is 1. The largest absolute Gasteiger partial charge is 0.756 e. The van der Waals surface area contributed by atoms with E-state index in [0.29, 0.717) is 6.42 Å². The normalized spacial score (nSPS) is 31.4. The summed E-state index contributed by atoms with van der Waals surface area (Å²) in [6.45, 7) is -0.464. The molecule has 18 heavy (non-hydrogen) atoms. The SMILES string of the molecule is [B]C1CC(OC)C(COP(=O)([O-])OCCCO)O1. The summed E-state index contributed by atoms with van der Waals surface area (Å²) in [4.78, 5) is 11.3. The van der Waals surface area contributed by atoms with E-state index in [2.05, 4.69) is 9.05 Å². The van der Waals surface area contributed by atoms with Gasteiger partial charge in [-0.3, -0.25) is 4.57 Å². The van der Waals surface area contributed by atoms with E-state index < -0.39 is 19.9 Å². The van der Waals surface area contributed by atoms with Crippen molar-refractivity contribution in [2.75, 3.05) is 26.9 Å². The molecule has 0 saturated carbocycles. The Morgan fingerprint density at radius 3 is 2.89 bits per heavy atom. The van der Waals surface area contributed by atoms with Crippen molar-refractivity contribution in [3.8, 4) is 0 Å². The van der Waals surface area contributed by atoms with E-state index in [4.69, 9.17) is 22.4 Å². The van der Waals surface area contributed by atoms with Crippen molar-refractivity contribution in [2.24, 2.45) is 0 Å². The molecule has 0 amide bonds. The molecule has 0 aromatic rings. The predicted molar refractivity (Wildman–Crippen MR) is 61.0 cm³/mol. The van der Waals surface area contributed by atoms with Gasteiger partial charge in [0.2, 0.25) is 0 Å². The van der Waals surface area contributed by atoms with Gasteiger partial charge in [0.25, 0.3) is 7.82 Å². The number of hydrogen-bond donors (Lipinski definition) is 1. The summed E-state index contributed by atoms with van der Waals surface area (Å²) in [7, 11) is 2.69. The molecular formula is C9H17BO7P-. The number of phosphoric ester groups is 1. The molecule has 0 spiro atoms. The van der Waals surface area contributed by atoms with Crippen LogP contribution in [0.15, 0.2) is 0 Å². The summed E-state index contributed by atoms with van der Waals surface area (Å²) < 4.78 is 30.9. The summed E-state index contributed by atoms with van der Waals surface area (Å²) in [6.07, 6.45) is -0.119. The molecule has 7 nitrogen and oxygen atoms in total. The van der Waals surface area contributed by atoms with E-state index in [0.717, 1.165) is 0 Å². The van der Waals surface area contributed by atoms with Gasteiger partial charge in [-0.2, -0.15) is 0 Å². The zero-order valence-corrected chi connectivity index (χ0v) is 11.1. The molecule has 1 fully saturated rings. The highest BCUT2D eigenvalue weighted by Crippen LogP contribution is 2.39. The van der Waals surface area contributed by atoms with Crippen molar-refractivity contribution in [3.63, 3.8) is 0 Å². The van der Waals surface area contributed by atoms with Crippen LogP contribution in [0.3, 0.4) is 0 Å². The van der Waals surface area contributed by atoms with Gasteiger partial charge in [-0.1, -0.05) is 0 Å². The fourth-order valence-corrected chi connectivity index (χ4v) is 2.34. The van der Waals surface area contributed by atoms with Gasteiger partial charge >= 0.3 is 0 Å². The van der Waals surface area contributed by atoms with Crippen molar-refractivity contribution in [1.29, 1.82) is 0 Å². The Hall–Kier alpha value is 0.0549. The van der Waals surface area contributed by atoms with Crippen LogP contribution in [-0.4, -0.2) is 58.1 Å². The van der Waals surface area contributed by atoms with Crippen molar-refractivity contribution >= 4 is 15.7 Å². The monoisotopic (exact) mass is 279 g/mol. The minimum Gasteiger partial charge on any atom is -0.756 e. The third kappa shape index (κ3) is 5.36. The van der Waals surface area contributed by atoms with E-state index in [1.807, 2.05) is 0 Å². The summed E-state index contributed by atoms with van der Waals surface area (Å²) in [5, 5.41) is 8.50. The number of ether oxygens (including phenoxy) is 2. The van der Waals surface area contributed by atoms with Crippen LogP contribution in [0.25, 0.3) is 0 Å². The van der Waals surface area contributed by atoms with Gasteiger partial charge in [0, 0.05) is 19.7 Å². The third-order valence-electron chi connectivity index (χ3n) is 2.48. The lowest BCUT2D eigenvalue weighted by Crippen LogP contribution is -2.29. The van der Waals surface area contributed by atoms with Gasteiger partial charge in [-0.15, -0.1) is 0 Å². The van der Waals surface area contributed by atoms with Crippen LogP contribution in [0, 0.1) is 0 Å². The van der Waals surface area contributed by atoms with Crippen molar-refractivity contribution < 1.29 is 33.1 Å². The molecule has 0 aromatic carbocycles. The minimum absolute atomic E-state index is 0.115. The topological polar surface area (TPSA) is 97.3 Å². The molecule has 0 aromatic heterocycles. The highest BCUT2D eigenvalue weighted by Gasteiger charge is 2.33. The van der Waals surface area contributed by atoms with Gasteiger partial charge in [0.1, 0.15) is 14.0 Å². The quantitative estimate of drug-likeness (QED) is 0.352. The molecule has 1 aliphatic rings. The molecule has 1 N–H and O–H groups in total. The Balaban J connectivity index is 2.32. The zero-order valence-electron chi connectivity index (χ0n) is 10.2. The maximum Gasteiger partial charge on any atom is 0.267 e. The average molecular weight is 279 g/mol. The van der Waals surface area contributed by atoms with Gasteiger partial charge in [0.15, 0.2) is 0 Å². The van der Waals surface area contributed by atoms with Gasteiger partial charge < -0.3 is 28.5 Å². The van der Waals surface area contributed by atoms with Crippen LogP contribution in [0.1, 0.15) is 12.8 Å². The summed E-state index contributed by atoms with van der Waals surface area (Å²) in [5.41, 5.74) is 0. The fraction of sp³-hybridized carbons (Fsp3) is 1.00. The third-order valence-corrected chi connectivity index (χ3v) is 3.44. The number of phosphoric acid groups is 1. The Bertz CT molecular complexity index is 290. The smallest absolute Gasteiger partial charge is 0.267 e. The van der Waals surface area contributed by atoms with E-state index in [1.54, 1.807) is 0 Å². The Labute approximate surface area is 107 Å². The number of methoxy groups -OCH3 is 1.